The number of fused-ring (bicyclic) bond motifs is 3. The summed E-state index contributed by atoms with van der Waals surface area (Å²) in [5, 5.41) is 3.43. The van der Waals surface area contributed by atoms with E-state index in [1.807, 2.05) is 11.8 Å². The predicted octanol–water partition coefficient (Wildman–Crippen LogP) is 5.28. The number of hydrogen-bond donors (Lipinski definition) is 1. The lowest BCUT2D eigenvalue weighted by Crippen LogP contribution is -2.62. The number of carbonyl (C=O) groups is 2. The lowest BCUT2D eigenvalue weighted by Gasteiger charge is -2.53. The summed E-state index contributed by atoms with van der Waals surface area (Å²) in [5.41, 5.74) is 3.67. The number of piperidine rings is 2. The molecule has 0 spiro atoms. The number of nitrogens with zero attached hydrogens (tertiary/aromatic N) is 1. The Kier molecular flexibility index (Phi) is 6.35. The molecule has 31 heavy (non-hydrogen) atoms. The maximum absolute atomic E-state index is 13.3. The van der Waals surface area contributed by atoms with Crippen molar-refractivity contribution in [2.45, 2.75) is 65.3 Å². The number of halogens is 1. The van der Waals surface area contributed by atoms with Gasteiger partial charge >= 0.3 is 0 Å². The van der Waals surface area contributed by atoms with Crippen molar-refractivity contribution in [2.75, 3.05) is 13.1 Å². The highest BCUT2D eigenvalue weighted by molar-refractivity contribution is 9.12. The average Bonchev–Trinajstić information content (AvgIpc) is 2.93. The van der Waals surface area contributed by atoms with Gasteiger partial charge in [0.15, 0.2) is 0 Å². The minimum atomic E-state index is -0.379. The van der Waals surface area contributed by atoms with E-state index in [1.165, 1.54) is 21.2 Å². The first-order valence-electron chi connectivity index (χ1n) is 11.8. The zero-order chi connectivity index (χ0) is 22.3. The number of allylic oxidation sites excluding steroid dienone is 7. The summed E-state index contributed by atoms with van der Waals surface area (Å²) in [4.78, 5) is 27.4. The van der Waals surface area contributed by atoms with E-state index in [9.17, 15) is 9.59 Å². The molecule has 2 saturated heterocycles. The molecule has 0 radical (unpaired) electrons. The molecule has 2 aliphatic heterocycles. The molecule has 4 atom stereocenters. The Bertz CT molecular complexity index is 883. The highest BCUT2D eigenvalue weighted by atomic mass is 79.9. The van der Waals surface area contributed by atoms with Crippen LogP contribution in [0.4, 0.5) is 0 Å². The molecule has 2 bridgehead atoms. The predicted molar refractivity (Wildman–Crippen MR) is 128 cm³/mol. The van der Waals surface area contributed by atoms with E-state index < -0.39 is 0 Å². The van der Waals surface area contributed by atoms with Crippen LogP contribution in [0.5, 0.6) is 0 Å². The summed E-state index contributed by atoms with van der Waals surface area (Å²) in [6.45, 7) is 9.92. The van der Waals surface area contributed by atoms with Gasteiger partial charge in [-0.2, -0.15) is 0 Å². The zero-order valence-corrected chi connectivity index (χ0v) is 20.8. The second-order valence-corrected chi connectivity index (χ2v) is 10.9. The van der Waals surface area contributed by atoms with Gasteiger partial charge in [0.05, 0.1) is 5.54 Å². The topological polar surface area (TPSA) is 49.4 Å². The minimum Gasteiger partial charge on any atom is -0.347 e. The Labute approximate surface area is 195 Å². The van der Waals surface area contributed by atoms with Crippen LogP contribution in [0.25, 0.3) is 0 Å². The second kappa shape index (κ2) is 8.73. The molecular weight excluding hydrogens is 452 g/mol. The second-order valence-electron chi connectivity index (χ2n) is 10.0. The van der Waals surface area contributed by atoms with E-state index in [0.29, 0.717) is 24.2 Å². The van der Waals surface area contributed by atoms with Crippen LogP contribution in [0.2, 0.25) is 0 Å². The summed E-state index contributed by atoms with van der Waals surface area (Å²) in [6, 6.07) is 0. The van der Waals surface area contributed by atoms with Crippen molar-refractivity contribution in [1.29, 1.82) is 0 Å². The lowest BCUT2D eigenvalue weighted by atomic mass is 9.61. The number of hydrogen-bond acceptors (Lipinski definition) is 2. The van der Waals surface area contributed by atoms with E-state index in [0.717, 1.165) is 38.8 Å². The Hall–Kier alpha value is -1.62. The third kappa shape index (κ3) is 4.22. The molecule has 0 aromatic heterocycles. The van der Waals surface area contributed by atoms with E-state index in [-0.39, 0.29) is 23.3 Å². The Balaban J connectivity index is 1.50. The number of amides is 2. The first-order chi connectivity index (χ1) is 14.7. The van der Waals surface area contributed by atoms with Gasteiger partial charge in [-0.05, 0) is 74.2 Å². The fourth-order valence-electron chi connectivity index (χ4n) is 6.05. The van der Waals surface area contributed by atoms with Crippen LogP contribution >= 0.6 is 15.9 Å². The molecule has 1 N–H and O–H groups in total. The van der Waals surface area contributed by atoms with Crippen LogP contribution in [0.15, 0.2) is 45.5 Å². The monoisotopic (exact) mass is 486 g/mol. The van der Waals surface area contributed by atoms with Crippen molar-refractivity contribution in [3.63, 3.8) is 0 Å². The van der Waals surface area contributed by atoms with E-state index in [1.54, 1.807) is 0 Å². The van der Waals surface area contributed by atoms with Crippen LogP contribution in [0.1, 0.15) is 59.8 Å². The van der Waals surface area contributed by atoms with Gasteiger partial charge in [-0.25, -0.2) is 0 Å². The Morgan fingerprint density at radius 2 is 1.94 bits per heavy atom. The van der Waals surface area contributed by atoms with Crippen LogP contribution in [0.3, 0.4) is 0 Å². The molecular formula is C26H35BrN2O2. The number of carbonyl (C=O) groups excluding carboxylic acids is 2. The largest absolute Gasteiger partial charge is 0.347 e. The normalized spacial score (nSPS) is 30.0. The molecule has 2 heterocycles. The molecule has 3 unspecified atom stereocenters. The smallest absolute Gasteiger partial charge is 0.224 e. The third-order valence-corrected chi connectivity index (χ3v) is 8.47. The number of rotatable bonds is 5. The van der Waals surface area contributed by atoms with Crippen molar-refractivity contribution >= 4 is 27.7 Å². The quantitative estimate of drug-likeness (QED) is 0.574. The first-order valence-corrected chi connectivity index (χ1v) is 12.6. The summed E-state index contributed by atoms with van der Waals surface area (Å²) in [5.74, 6) is 1.50. The minimum absolute atomic E-state index is 0.0533. The van der Waals surface area contributed by atoms with Gasteiger partial charge in [0.25, 0.3) is 0 Å². The molecule has 4 nitrogen and oxygen atoms in total. The van der Waals surface area contributed by atoms with Crippen molar-refractivity contribution in [3.05, 3.63) is 45.5 Å². The standard InChI is InChI=1S/C26H35BrN2O2/c1-5-16-13-20-17(8-7-9-22(20)27)10-11-21(16)26(3,4)28-25(31)24-18-12-19(24)15-29(14-18)23(30)6-2/h7-9,13,17-19,24H,5-6,10-12,14-15H2,1-4H3,(H,28,31)/t17?,18-,19?,24?/m1/s1. The summed E-state index contributed by atoms with van der Waals surface area (Å²) in [7, 11) is 0. The highest BCUT2D eigenvalue weighted by Gasteiger charge is 2.51. The summed E-state index contributed by atoms with van der Waals surface area (Å²) < 4.78 is 1.17. The van der Waals surface area contributed by atoms with Gasteiger partial charge < -0.3 is 10.2 Å². The molecule has 5 aliphatic rings. The summed E-state index contributed by atoms with van der Waals surface area (Å²) >= 11 is 3.74. The van der Waals surface area contributed by atoms with Crippen molar-refractivity contribution in [3.8, 4) is 0 Å². The maximum Gasteiger partial charge on any atom is 0.224 e. The van der Waals surface area contributed by atoms with Crippen molar-refractivity contribution in [1.82, 2.24) is 10.2 Å². The van der Waals surface area contributed by atoms with Crippen LogP contribution < -0.4 is 5.32 Å². The third-order valence-electron chi connectivity index (χ3n) is 7.74. The van der Waals surface area contributed by atoms with Crippen LogP contribution in [-0.4, -0.2) is 35.3 Å². The molecule has 3 fully saturated rings. The molecule has 1 saturated carbocycles. The first kappa shape index (κ1) is 22.6. The number of nitrogens with one attached hydrogen (secondary N) is 1. The van der Waals surface area contributed by atoms with Crippen LogP contribution in [0, 0.1) is 23.7 Å². The van der Waals surface area contributed by atoms with Gasteiger partial charge in [-0.1, -0.05) is 48.0 Å². The van der Waals surface area contributed by atoms with Crippen molar-refractivity contribution in [2.24, 2.45) is 23.7 Å². The zero-order valence-electron chi connectivity index (χ0n) is 19.2. The van der Waals surface area contributed by atoms with Gasteiger partial charge in [0.1, 0.15) is 0 Å². The fourth-order valence-corrected chi connectivity index (χ4v) is 6.61. The Morgan fingerprint density at radius 1 is 1.23 bits per heavy atom. The maximum atomic E-state index is 13.3. The van der Waals surface area contributed by atoms with Gasteiger partial charge in [-0.15, -0.1) is 0 Å². The average molecular weight is 487 g/mol. The molecule has 0 aromatic carbocycles. The summed E-state index contributed by atoms with van der Waals surface area (Å²) in [6.07, 6.45) is 13.5. The van der Waals surface area contributed by atoms with Crippen molar-refractivity contribution < 1.29 is 9.59 Å². The Morgan fingerprint density at radius 3 is 2.58 bits per heavy atom. The van der Waals surface area contributed by atoms with E-state index >= 15 is 0 Å². The van der Waals surface area contributed by atoms with E-state index in [4.69, 9.17) is 0 Å². The highest BCUT2D eigenvalue weighted by Crippen LogP contribution is 2.46. The lowest BCUT2D eigenvalue weighted by molar-refractivity contribution is -0.152. The SMILES string of the molecule is CCC(=O)N1CC2C[C@H](C1)C2C(=O)NC(C)(C)C1=C(CC)C=C2C(Br)=CC=CC2CC1. The molecule has 5 heteroatoms. The van der Waals surface area contributed by atoms with Gasteiger partial charge in [0, 0.05) is 35.8 Å². The van der Waals surface area contributed by atoms with Gasteiger partial charge in [0.2, 0.25) is 11.8 Å². The molecule has 168 valence electrons. The molecule has 2 amide bonds. The van der Waals surface area contributed by atoms with E-state index in [2.05, 4.69) is 66.3 Å². The fraction of sp³-hybridized carbons (Fsp3) is 0.615. The van der Waals surface area contributed by atoms with Crippen LogP contribution in [-0.2, 0) is 9.59 Å². The van der Waals surface area contributed by atoms with Gasteiger partial charge in [-0.3, -0.25) is 9.59 Å². The molecule has 0 aromatic rings. The molecule has 3 aliphatic carbocycles. The molecule has 5 rings (SSSR count).